The van der Waals surface area contributed by atoms with Crippen LogP contribution >= 0.6 is 0 Å². The molecule has 0 spiro atoms. The van der Waals surface area contributed by atoms with Crippen LogP contribution in [0.15, 0.2) is 27.4 Å². The van der Waals surface area contributed by atoms with Gasteiger partial charge < -0.3 is 4.42 Å². The van der Waals surface area contributed by atoms with Crippen LogP contribution in [0.5, 0.6) is 0 Å². The molecule has 3 heteroatoms. The first-order valence-electron chi connectivity index (χ1n) is 4.62. The standard InChI is InChI=1S/C12H10O3/c1-7-3-10-11(14)5-9(6-13)15-12(10)4-8(7)2/h3-6H,1-2H3. The van der Waals surface area contributed by atoms with Crippen LogP contribution in [0, 0.1) is 13.8 Å². The lowest BCUT2D eigenvalue weighted by molar-refractivity contribution is 0.110. The summed E-state index contributed by atoms with van der Waals surface area (Å²) in [5, 5.41) is 0.517. The summed E-state index contributed by atoms with van der Waals surface area (Å²) in [6, 6.07) is 4.77. The lowest BCUT2D eigenvalue weighted by Crippen LogP contribution is -2.02. The summed E-state index contributed by atoms with van der Waals surface area (Å²) in [5.74, 6) is 0.0655. The maximum atomic E-state index is 11.6. The predicted molar refractivity (Wildman–Crippen MR) is 57.3 cm³/mol. The Morgan fingerprint density at radius 3 is 2.47 bits per heavy atom. The van der Waals surface area contributed by atoms with Crippen LogP contribution in [0.2, 0.25) is 0 Å². The van der Waals surface area contributed by atoms with Crippen LogP contribution in [0.25, 0.3) is 11.0 Å². The second kappa shape index (κ2) is 3.35. The molecule has 0 amide bonds. The Labute approximate surface area is 86.3 Å². The fourth-order valence-electron chi connectivity index (χ4n) is 1.49. The highest BCUT2D eigenvalue weighted by Crippen LogP contribution is 2.17. The van der Waals surface area contributed by atoms with Crippen molar-refractivity contribution >= 4 is 17.3 Å². The van der Waals surface area contributed by atoms with E-state index in [1.54, 1.807) is 12.1 Å². The van der Waals surface area contributed by atoms with E-state index >= 15 is 0 Å². The summed E-state index contributed by atoms with van der Waals surface area (Å²) in [5.41, 5.74) is 2.36. The van der Waals surface area contributed by atoms with Gasteiger partial charge in [-0.1, -0.05) is 0 Å². The highest BCUT2D eigenvalue weighted by atomic mass is 16.3. The molecule has 15 heavy (non-hydrogen) atoms. The van der Waals surface area contributed by atoms with E-state index in [9.17, 15) is 9.59 Å². The smallest absolute Gasteiger partial charge is 0.193 e. The van der Waals surface area contributed by atoms with E-state index in [1.807, 2.05) is 13.8 Å². The van der Waals surface area contributed by atoms with Crippen LogP contribution in [0.3, 0.4) is 0 Å². The number of benzene rings is 1. The Hall–Kier alpha value is -1.90. The van der Waals surface area contributed by atoms with Gasteiger partial charge >= 0.3 is 0 Å². The van der Waals surface area contributed by atoms with Crippen LogP contribution in [-0.2, 0) is 0 Å². The first kappa shape index (κ1) is 9.65. The number of aldehydes is 1. The molecule has 0 bridgehead atoms. The largest absolute Gasteiger partial charge is 0.453 e. The quantitative estimate of drug-likeness (QED) is 0.666. The summed E-state index contributed by atoms with van der Waals surface area (Å²) in [4.78, 5) is 22.1. The van der Waals surface area contributed by atoms with E-state index in [4.69, 9.17) is 4.42 Å². The van der Waals surface area contributed by atoms with Crippen molar-refractivity contribution in [3.8, 4) is 0 Å². The molecule has 2 rings (SSSR count). The Bertz CT molecular complexity index is 594. The molecule has 0 atom stereocenters. The van der Waals surface area contributed by atoms with Gasteiger partial charge in [-0.3, -0.25) is 9.59 Å². The number of aryl methyl sites for hydroxylation is 2. The second-order valence-electron chi connectivity index (χ2n) is 3.56. The summed E-state index contributed by atoms with van der Waals surface area (Å²) < 4.78 is 5.26. The monoisotopic (exact) mass is 202 g/mol. The SMILES string of the molecule is Cc1cc2oc(C=O)cc(=O)c2cc1C. The molecule has 76 valence electrons. The normalized spacial score (nSPS) is 10.5. The Balaban J connectivity index is 2.92. The number of fused-ring (bicyclic) bond motifs is 1. The van der Waals surface area contributed by atoms with Crippen molar-refractivity contribution in [2.24, 2.45) is 0 Å². The van der Waals surface area contributed by atoms with E-state index in [0.717, 1.165) is 11.1 Å². The van der Waals surface area contributed by atoms with Crippen LogP contribution in [-0.4, -0.2) is 6.29 Å². The summed E-state index contributed by atoms with van der Waals surface area (Å²) >= 11 is 0. The third kappa shape index (κ3) is 1.56. The van der Waals surface area contributed by atoms with Gasteiger partial charge in [0.05, 0.1) is 5.39 Å². The van der Waals surface area contributed by atoms with Crippen molar-refractivity contribution in [1.82, 2.24) is 0 Å². The molecule has 0 N–H and O–H groups in total. The maximum absolute atomic E-state index is 11.6. The van der Waals surface area contributed by atoms with Gasteiger partial charge in [0.2, 0.25) is 0 Å². The lowest BCUT2D eigenvalue weighted by atomic mass is 10.1. The number of rotatable bonds is 1. The molecular formula is C12H10O3. The van der Waals surface area contributed by atoms with Crippen molar-refractivity contribution in [2.75, 3.05) is 0 Å². The highest BCUT2D eigenvalue weighted by molar-refractivity contribution is 5.81. The third-order valence-corrected chi connectivity index (χ3v) is 2.48. The van der Waals surface area contributed by atoms with Crippen molar-refractivity contribution in [3.05, 3.63) is 45.3 Å². The Morgan fingerprint density at radius 1 is 1.13 bits per heavy atom. The molecule has 3 nitrogen and oxygen atoms in total. The molecule has 0 fully saturated rings. The molecule has 1 heterocycles. The minimum atomic E-state index is -0.179. The second-order valence-corrected chi connectivity index (χ2v) is 3.56. The minimum absolute atomic E-state index is 0.0655. The molecule has 0 saturated heterocycles. The molecule has 2 aromatic rings. The maximum Gasteiger partial charge on any atom is 0.193 e. The minimum Gasteiger partial charge on any atom is -0.453 e. The summed E-state index contributed by atoms with van der Waals surface area (Å²) in [7, 11) is 0. The highest BCUT2D eigenvalue weighted by Gasteiger charge is 2.05. The molecule has 1 aromatic carbocycles. The average molecular weight is 202 g/mol. The molecule has 0 aliphatic heterocycles. The molecule has 0 aliphatic carbocycles. The van der Waals surface area contributed by atoms with Gasteiger partial charge in [0.1, 0.15) is 5.58 Å². The zero-order valence-electron chi connectivity index (χ0n) is 8.53. The van der Waals surface area contributed by atoms with E-state index < -0.39 is 0 Å². The number of carbonyl (C=O) groups is 1. The molecular weight excluding hydrogens is 192 g/mol. The molecule has 0 saturated carbocycles. The van der Waals surface area contributed by atoms with Gasteiger partial charge in [-0.05, 0) is 37.1 Å². The lowest BCUT2D eigenvalue weighted by Gasteiger charge is -2.02. The van der Waals surface area contributed by atoms with Gasteiger partial charge in [-0.25, -0.2) is 0 Å². The van der Waals surface area contributed by atoms with Crippen LogP contribution in [0.1, 0.15) is 21.7 Å². The molecule has 0 unspecified atom stereocenters. The number of hydrogen-bond donors (Lipinski definition) is 0. The summed E-state index contributed by atoms with van der Waals surface area (Å²) in [6.07, 6.45) is 0.538. The first-order chi connectivity index (χ1) is 7.11. The number of carbonyl (C=O) groups excluding carboxylic acids is 1. The Morgan fingerprint density at radius 2 is 1.80 bits per heavy atom. The van der Waals surface area contributed by atoms with Crippen molar-refractivity contribution in [3.63, 3.8) is 0 Å². The van der Waals surface area contributed by atoms with Crippen molar-refractivity contribution < 1.29 is 9.21 Å². The Kier molecular flexibility index (Phi) is 2.15. The van der Waals surface area contributed by atoms with E-state index in [-0.39, 0.29) is 11.2 Å². The van der Waals surface area contributed by atoms with E-state index in [2.05, 4.69) is 0 Å². The van der Waals surface area contributed by atoms with Crippen molar-refractivity contribution in [1.29, 1.82) is 0 Å². The molecule has 1 aromatic heterocycles. The average Bonchev–Trinajstić information content (AvgIpc) is 2.21. The zero-order chi connectivity index (χ0) is 11.0. The van der Waals surface area contributed by atoms with E-state index in [0.29, 0.717) is 17.3 Å². The fraction of sp³-hybridized carbons (Fsp3) is 0.167. The van der Waals surface area contributed by atoms with Gasteiger partial charge in [0.25, 0.3) is 0 Å². The fourth-order valence-corrected chi connectivity index (χ4v) is 1.49. The molecule has 0 radical (unpaired) electrons. The van der Waals surface area contributed by atoms with Crippen LogP contribution in [0.4, 0.5) is 0 Å². The van der Waals surface area contributed by atoms with Gasteiger partial charge in [-0.15, -0.1) is 0 Å². The summed E-state index contributed by atoms with van der Waals surface area (Å²) in [6.45, 7) is 3.87. The predicted octanol–water partition coefficient (Wildman–Crippen LogP) is 2.22. The van der Waals surface area contributed by atoms with Gasteiger partial charge in [0, 0.05) is 6.07 Å². The van der Waals surface area contributed by atoms with Crippen molar-refractivity contribution in [2.45, 2.75) is 13.8 Å². The third-order valence-electron chi connectivity index (χ3n) is 2.48. The van der Waals surface area contributed by atoms with Gasteiger partial charge in [0.15, 0.2) is 17.5 Å². The molecule has 0 aliphatic rings. The zero-order valence-corrected chi connectivity index (χ0v) is 8.53. The van der Waals surface area contributed by atoms with Gasteiger partial charge in [-0.2, -0.15) is 0 Å². The van der Waals surface area contributed by atoms with Crippen LogP contribution < -0.4 is 5.43 Å². The first-order valence-corrected chi connectivity index (χ1v) is 4.62. The number of hydrogen-bond acceptors (Lipinski definition) is 3. The topological polar surface area (TPSA) is 47.3 Å². The van der Waals surface area contributed by atoms with E-state index in [1.165, 1.54) is 6.07 Å².